The second-order valence-corrected chi connectivity index (χ2v) is 8.01. The first-order chi connectivity index (χ1) is 15.8. The highest BCUT2D eigenvalue weighted by Crippen LogP contribution is 2.35. The van der Waals surface area contributed by atoms with Gasteiger partial charge >= 0.3 is 0 Å². The monoisotopic (exact) mass is 411 g/mol. The highest BCUT2D eigenvalue weighted by Gasteiger charge is 2.17. The van der Waals surface area contributed by atoms with Crippen molar-refractivity contribution < 1.29 is 0 Å². The van der Waals surface area contributed by atoms with Crippen LogP contribution < -0.4 is 4.90 Å². The second kappa shape index (κ2) is 7.78. The highest BCUT2D eigenvalue weighted by atomic mass is 15.2. The molecule has 0 unspecified atom stereocenters. The van der Waals surface area contributed by atoms with Gasteiger partial charge in [0.25, 0.3) is 0 Å². The van der Waals surface area contributed by atoms with E-state index in [0.717, 1.165) is 46.3 Å². The van der Waals surface area contributed by atoms with Gasteiger partial charge in [-0.25, -0.2) is 9.97 Å². The summed E-state index contributed by atoms with van der Waals surface area (Å²) in [5.41, 5.74) is 7.70. The molecule has 8 bridgehead atoms. The summed E-state index contributed by atoms with van der Waals surface area (Å²) in [7, 11) is 0. The zero-order valence-electron chi connectivity index (χ0n) is 17.5. The van der Waals surface area contributed by atoms with Crippen LogP contribution in [0.5, 0.6) is 0 Å². The number of nitrogens with zero attached hydrogens (tertiary/aromatic N) is 3. The van der Waals surface area contributed by atoms with Gasteiger partial charge in [-0.3, -0.25) is 4.90 Å². The molecule has 0 amide bonds. The number of anilines is 3. The summed E-state index contributed by atoms with van der Waals surface area (Å²) < 4.78 is 0. The quantitative estimate of drug-likeness (QED) is 0.287. The minimum absolute atomic E-state index is 0.842. The fourth-order valence-electron chi connectivity index (χ4n) is 4.29. The number of rotatable bonds is 1. The topological polar surface area (TPSA) is 29.0 Å². The molecule has 0 radical (unpaired) electrons. The maximum absolute atomic E-state index is 5.06. The number of pyridine rings is 2. The van der Waals surface area contributed by atoms with Crippen molar-refractivity contribution in [2.45, 2.75) is 6.42 Å². The molecule has 0 saturated heterocycles. The molecule has 3 heterocycles. The lowest BCUT2D eigenvalue weighted by Gasteiger charge is -2.24. The third-order valence-electron chi connectivity index (χ3n) is 5.80. The van der Waals surface area contributed by atoms with Crippen LogP contribution in [0.1, 0.15) is 11.1 Å². The van der Waals surface area contributed by atoms with Crippen molar-refractivity contribution in [2.75, 3.05) is 4.90 Å². The fraction of sp³-hybridized carbons (Fsp3) is 0.0345. The van der Waals surface area contributed by atoms with E-state index in [1.807, 2.05) is 30.3 Å². The molecule has 3 nitrogen and oxygen atoms in total. The molecule has 0 aliphatic carbocycles. The van der Waals surface area contributed by atoms with E-state index in [4.69, 9.17) is 9.97 Å². The van der Waals surface area contributed by atoms with Crippen molar-refractivity contribution in [3.8, 4) is 22.5 Å². The van der Waals surface area contributed by atoms with Crippen LogP contribution in [0.15, 0.2) is 115 Å². The van der Waals surface area contributed by atoms with Crippen LogP contribution in [-0.2, 0) is 6.42 Å². The minimum atomic E-state index is 0.842. The van der Waals surface area contributed by atoms with Gasteiger partial charge in [0.1, 0.15) is 11.6 Å². The maximum atomic E-state index is 5.06. The third kappa shape index (κ3) is 3.44. The Hall–Kier alpha value is -4.24. The van der Waals surface area contributed by atoms with Crippen LogP contribution in [0.4, 0.5) is 17.3 Å². The zero-order valence-corrected chi connectivity index (χ0v) is 17.5. The van der Waals surface area contributed by atoms with E-state index < -0.39 is 0 Å². The number of hydrogen-bond donors (Lipinski definition) is 0. The molecule has 1 aliphatic rings. The summed E-state index contributed by atoms with van der Waals surface area (Å²) in [6, 6.07) is 40.0. The molecule has 1 aliphatic heterocycles. The van der Waals surface area contributed by atoms with Crippen LogP contribution in [0.2, 0.25) is 0 Å². The summed E-state index contributed by atoms with van der Waals surface area (Å²) in [6.45, 7) is 0. The van der Waals surface area contributed by atoms with Gasteiger partial charge in [0.05, 0.1) is 11.4 Å². The van der Waals surface area contributed by atoms with Gasteiger partial charge in [0, 0.05) is 16.8 Å². The molecule has 32 heavy (non-hydrogen) atoms. The SMILES string of the molecule is c1ccc(N2c3cccc(n3)-c3cccc(c3)Cc3cccc(c3)-c3cccc2n3)cc1. The summed E-state index contributed by atoms with van der Waals surface area (Å²) in [4.78, 5) is 12.2. The standard InChI is InChI=1S/C29H21N3/c1-2-12-25(13-3-1)32-28-16-6-14-26(30-28)23-10-4-8-21(19-23)18-22-9-5-11-24(20-22)27-15-7-17-29(32)31-27/h1-17,19-20H,18H2. The molecule has 0 saturated carbocycles. The molecule has 5 aromatic rings. The Kier molecular flexibility index (Phi) is 4.51. The van der Waals surface area contributed by atoms with Crippen LogP contribution in [0.25, 0.3) is 22.5 Å². The van der Waals surface area contributed by atoms with Crippen molar-refractivity contribution in [2.24, 2.45) is 0 Å². The Morgan fingerprint density at radius 1 is 0.500 bits per heavy atom. The van der Waals surface area contributed by atoms with Gasteiger partial charge in [-0.15, -0.1) is 0 Å². The van der Waals surface area contributed by atoms with E-state index in [1.54, 1.807) is 0 Å². The van der Waals surface area contributed by atoms with Gasteiger partial charge < -0.3 is 0 Å². The Balaban J connectivity index is 1.64. The van der Waals surface area contributed by atoms with Crippen molar-refractivity contribution in [1.82, 2.24) is 9.97 Å². The van der Waals surface area contributed by atoms with Crippen molar-refractivity contribution in [1.29, 1.82) is 0 Å². The minimum Gasteiger partial charge on any atom is -0.279 e. The summed E-state index contributed by atoms with van der Waals surface area (Å²) in [5.74, 6) is 1.68. The van der Waals surface area contributed by atoms with E-state index in [9.17, 15) is 0 Å². The number of para-hydroxylation sites is 1. The molecule has 2 aromatic heterocycles. The smallest absolute Gasteiger partial charge is 0.139 e. The normalized spacial score (nSPS) is 12.2. The first-order valence-corrected chi connectivity index (χ1v) is 10.8. The lowest BCUT2D eigenvalue weighted by Crippen LogP contribution is -2.13. The molecule has 0 N–H and O–H groups in total. The second-order valence-electron chi connectivity index (χ2n) is 8.01. The first kappa shape index (κ1) is 18.5. The Morgan fingerprint density at radius 2 is 1.03 bits per heavy atom. The molecule has 0 atom stereocenters. The van der Waals surface area contributed by atoms with Gasteiger partial charge in [-0.2, -0.15) is 0 Å². The van der Waals surface area contributed by atoms with Gasteiger partial charge in [0.15, 0.2) is 0 Å². The first-order valence-electron chi connectivity index (χ1n) is 10.8. The third-order valence-corrected chi connectivity index (χ3v) is 5.80. The average Bonchev–Trinajstić information content (AvgIpc) is 2.85. The maximum Gasteiger partial charge on any atom is 0.139 e. The van der Waals surface area contributed by atoms with Crippen LogP contribution in [-0.4, -0.2) is 9.97 Å². The van der Waals surface area contributed by atoms with E-state index in [-0.39, 0.29) is 0 Å². The van der Waals surface area contributed by atoms with E-state index >= 15 is 0 Å². The number of fused-ring (bicyclic) bond motifs is 10. The van der Waals surface area contributed by atoms with Gasteiger partial charge in [-0.05, 0) is 66.1 Å². The largest absolute Gasteiger partial charge is 0.279 e. The van der Waals surface area contributed by atoms with Crippen LogP contribution in [0.3, 0.4) is 0 Å². The van der Waals surface area contributed by atoms with Gasteiger partial charge in [0.2, 0.25) is 0 Å². The lowest BCUT2D eigenvalue weighted by molar-refractivity contribution is 1.12. The molecule has 3 heteroatoms. The molecule has 3 aromatic carbocycles. The fourth-order valence-corrected chi connectivity index (χ4v) is 4.29. The average molecular weight is 412 g/mol. The van der Waals surface area contributed by atoms with E-state index in [0.29, 0.717) is 0 Å². The predicted octanol–water partition coefficient (Wildman–Crippen LogP) is 7.18. The zero-order chi connectivity index (χ0) is 21.3. The molecule has 0 fully saturated rings. The molecule has 152 valence electrons. The Labute approximate surface area is 187 Å². The lowest BCUT2D eigenvalue weighted by atomic mass is 9.99. The van der Waals surface area contributed by atoms with Crippen molar-refractivity contribution >= 4 is 17.3 Å². The summed E-state index contributed by atoms with van der Waals surface area (Å²) >= 11 is 0. The summed E-state index contributed by atoms with van der Waals surface area (Å²) in [5, 5.41) is 0. The number of benzene rings is 3. The number of aromatic nitrogens is 2. The Bertz CT molecular complexity index is 1320. The van der Waals surface area contributed by atoms with E-state index in [1.165, 1.54) is 11.1 Å². The Morgan fingerprint density at radius 3 is 1.59 bits per heavy atom. The van der Waals surface area contributed by atoms with Crippen molar-refractivity contribution in [3.63, 3.8) is 0 Å². The molecular formula is C29H21N3. The predicted molar refractivity (Wildman–Crippen MR) is 130 cm³/mol. The summed E-state index contributed by atoms with van der Waals surface area (Å²) in [6.07, 6.45) is 0.872. The molecule has 6 rings (SSSR count). The van der Waals surface area contributed by atoms with Crippen LogP contribution in [0, 0.1) is 0 Å². The van der Waals surface area contributed by atoms with E-state index in [2.05, 4.69) is 89.8 Å². The van der Waals surface area contributed by atoms with Gasteiger partial charge in [-0.1, -0.05) is 66.7 Å². The van der Waals surface area contributed by atoms with Crippen LogP contribution >= 0.6 is 0 Å². The molecular weight excluding hydrogens is 390 g/mol. The molecule has 0 spiro atoms. The number of hydrogen-bond acceptors (Lipinski definition) is 3. The van der Waals surface area contributed by atoms with Crippen molar-refractivity contribution in [3.05, 3.63) is 126 Å². The highest BCUT2D eigenvalue weighted by molar-refractivity contribution is 5.75.